The maximum atomic E-state index is 6.10. The highest BCUT2D eigenvalue weighted by molar-refractivity contribution is 7.18. The van der Waals surface area contributed by atoms with E-state index in [9.17, 15) is 0 Å². The average Bonchev–Trinajstić information content (AvgIpc) is 2.81. The molecule has 0 saturated carbocycles. The molecule has 0 spiro atoms. The van der Waals surface area contributed by atoms with Crippen molar-refractivity contribution < 1.29 is 4.74 Å². The molecule has 0 aliphatic carbocycles. The predicted molar refractivity (Wildman–Crippen MR) is 90.5 cm³/mol. The fourth-order valence-corrected chi connectivity index (χ4v) is 3.31. The van der Waals surface area contributed by atoms with E-state index in [0.717, 1.165) is 29.6 Å². The molecule has 116 valence electrons. The molecule has 2 rings (SSSR count). The quantitative estimate of drug-likeness (QED) is 0.818. The average molecular weight is 307 g/mol. The molecule has 1 unspecified atom stereocenters. The lowest BCUT2D eigenvalue weighted by molar-refractivity contribution is 0.188. The minimum absolute atomic E-state index is 0.155. The highest BCUT2D eigenvalue weighted by Gasteiger charge is 2.15. The minimum Gasteiger partial charge on any atom is -0.474 e. The summed E-state index contributed by atoms with van der Waals surface area (Å²) in [5.41, 5.74) is 0. The molecule has 1 atom stereocenters. The standard InChI is InChI=1S/C16H25N3OS/c1-6-12-9-13-14(20-11(5)8-10(3)4)18-16(17-7-2)19-15(13)21-12/h9-11H,6-8H2,1-5H3,(H,17,18,19). The van der Waals surface area contributed by atoms with Gasteiger partial charge in [-0.05, 0) is 38.7 Å². The lowest BCUT2D eigenvalue weighted by Gasteiger charge is -2.16. The third-order valence-corrected chi connectivity index (χ3v) is 4.38. The van der Waals surface area contributed by atoms with Gasteiger partial charge in [-0.1, -0.05) is 20.8 Å². The van der Waals surface area contributed by atoms with Gasteiger partial charge < -0.3 is 10.1 Å². The lowest BCUT2D eigenvalue weighted by Crippen LogP contribution is -2.16. The van der Waals surface area contributed by atoms with Gasteiger partial charge in [0.25, 0.3) is 0 Å². The van der Waals surface area contributed by atoms with Gasteiger partial charge in [-0.2, -0.15) is 4.98 Å². The number of nitrogens with one attached hydrogen (secondary N) is 1. The summed E-state index contributed by atoms with van der Waals surface area (Å²) in [7, 11) is 0. The second-order valence-corrected chi connectivity index (χ2v) is 6.84. The van der Waals surface area contributed by atoms with Crippen LogP contribution in [0.4, 0.5) is 5.95 Å². The van der Waals surface area contributed by atoms with Gasteiger partial charge >= 0.3 is 0 Å². The molecular weight excluding hydrogens is 282 g/mol. The van der Waals surface area contributed by atoms with Gasteiger partial charge in [0.2, 0.25) is 11.8 Å². The zero-order valence-electron chi connectivity index (χ0n) is 13.6. The highest BCUT2D eigenvalue weighted by atomic mass is 32.1. The Morgan fingerprint density at radius 3 is 2.62 bits per heavy atom. The van der Waals surface area contributed by atoms with Gasteiger partial charge in [0.05, 0.1) is 11.5 Å². The van der Waals surface area contributed by atoms with Crippen molar-refractivity contribution in [3.05, 3.63) is 10.9 Å². The van der Waals surface area contributed by atoms with E-state index < -0.39 is 0 Å². The zero-order valence-corrected chi connectivity index (χ0v) is 14.4. The van der Waals surface area contributed by atoms with Gasteiger partial charge in [-0.3, -0.25) is 0 Å². The normalized spacial score (nSPS) is 12.9. The van der Waals surface area contributed by atoms with Crippen LogP contribution in [0.3, 0.4) is 0 Å². The molecule has 21 heavy (non-hydrogen) atoms. The van der Waals surface area contributed by atoms with E-state index in [0.29, 0.717) is 17.7 Å². The number of aryl methyl sites for hydroxylation is 1. The second kappa shape index (κ2) is 7.07. The third kappa shape index (κ3) is 4.06. The first-order valence-corrected chi connectivity index (χ1v) is 8.56. The number of rotatable bonds is 7. The van der Waals surface area contributed by atoms with Gasteiger partial charge in [-0.15, -0.1) is 11.3 Å². The van der Waals surface area contributed by atoms with Crippen LogP contribution >= 0.6 is 11.3 Å². The smallest absolute Gasteiger partial charge is 0.227 e. The van der Waals surface area contributed by atoms with Crippen molar-refractivity contribution in [2.45, 2.75) is 53.6 Å². The summed E-state index contributed by atoms with van der Waals surface area (Å²) >= 11 is 1.72. The molecule has 2 heterocycles. The number of ether oxygens (including phenoxy) is 1. The van der Waals surface area contributed by atoms with E-state index in [1.165, 1.54) is 4.88 Å². The largest absolute Gasteiger partial charge is 0.474 e. The third-order valence-electron chi connectivity index (χ3n) is 3.21. The van der Waals surface area contributed by atoms with E-state index in [-0.39, 0.29) is 6.10 Å². The molecule has 0 aromatic carbocycles. The first kappa shape index (κ1) is 16.0. The van der Waals surface area contributed by atoms with Crippen molar-refractivity contribution in [1.82, 2.24) is 9.97 Å². The Balaban J connectivity index is 2.36. The molecule has 0 amide bonds. The van der Waals surface area contributed by atoms with Crippen molar-refractivity contribution in [1.29, 1.82) is 0 Å². The molecule has 2 aromatic rings. The Kier molecular flexibility index (Phi) is 5.39. The van der Waals surface area contributed by atoms with Crippen LogP contribution in [0.5, 0.6) is 5.88 Å². The Hall–Kier alpha value is -1.36. The Labute approximate surface area is 131 Å². The Morgan fingerprint density at radius 2 is 2.00 bits per heavy atom. The van der Waals surface area contributed by atoms with Crippen molar-refractivity contribution in [3.8, 4) is 5.88 Å². The maximum Gasteiger partial charge on any atom is 0.227 e. The molecular formula is C16H25N3OS. The summed E-state index contributed by atoms with van der Waals surface area (Å²) in [5.74, 6) is 1.97. The van der Waals surface area contributed by atoms with Gasteiger partial charge in [0, 0.05) is 11.4 Å². The van der Waals surface area contributed by atoms with Crippen LogP contribution in [-0.4, -0.2) is 22.6 Å². The first-order chi connectivity index (χ1) is 10.0. The van der Waals surface area contributed by atoms with Crippen LogP contribution < -0.4 is 10.1 Å². The number of aromatic nitrogens is 2. The Bertz CT molecular complexity index is 594. The van der Waals surface area contributed by atoms with E-state index in [2.05, 4.69) is 49.0 Å². The number of hydrogen-bond acceptors (Lipinski definition) is 5. The molecule has 0 bridgehead atoms. The van der Waals surface area contributed by atoms with E-state index >= 15 is 0 Å². The molecule has 1 N–H and O–H groups in total. The SMILES string of the molecule is CCNc1nc(OC(C)CC(C)C)c2cc(CC)sc2n1. The molecule has 4 nitrogen and oxygen atoms in total. The summed E-state index contributed by atoms with van der Waals surface area (Å²) < 4.78 is 6.10. The molecule has 2 aromatic heterocycles. The zero-order chi connectivity index (χ0) is 15.4. The molecule has 0 fully saturated rings. The molecule has 0 aliphatic heterocycles. The molecule has 0 saturated heterocycles. The lowest BCUT2D eigenvalue weighted by atomic mass is 10.1. The summed E-state index contributed by atoms with van der Waals surface area (Å²) in [4.78, 5) is 11.4. The minimum atomic E-state index is 0.155. The number of hydrogen-bond donors (Lipinski definition) is 1. The van der Waals surface area contributed by atoms with E-state index in [1.807, 2.05) is 6.92 Å². The topological polar surface area (TPSA) is 47.0 Å². The first-order valence-electron chi connectivity index (χ1n) is 7.74. The van der Waals surface area contributed by atoms with Crippen LogP contribution in [0.1, 0.15) is 45.9 Å². The Morgan fingerprint density at radius 1 is 1.24 bits per heavy atom. The molecule has 0 aliphatic rings. The summed E-state index contributed by atoms with van der Waals surface area (Å²) in [6.45, 7) is 11.5. The second-order valence-electron chi connectivity index (χ2n) is 5.73. The summed E-state index contributed by atoms with van der Waals surface area (Å²) in [6, 6.07) is 2.16. The summed E-state index contributed by atoms with van der Waals surface area (Å²) in [6.07, 6.45) is 2.19. The number of anilines is 1. The number of thiophene rings is 1. The van der Waals surface area contributed by atoms with Crippen molar-refractivity contribution >= 4 is 27.5 Å². The number of nitrogens with zero attached hydrogens (tertiary/aromatic N) is 2. The summed E-state index contributed by atoms with van der Waals surface area (Å²) in [5, 5.41) is 4.22. The van der Waals surface area contributed by atoms with E-state index in [1.54, 1.807) is 11.3 Å². The van der Waals surface area contributed by atoms with Gasteiger partial charge in [0.15, 0.2) is 0 Å². The monoisotopic (exact) mass is 307 g/mol. The van der Waals surface area contributed by atoms with Crippen LogP contribution in [0.15, 0.2) is 6.07 Å². The van der Waals surface area contributed by atoms with Gasteiger partial charge in [-0.25, -0.2) is 4.98 Å². The molecule has 0 radical (unpaired) electrons. The van der Waals surface area contributed by atoms with Crippen LogP contribution in [0.2, 0.25) is 0 Å². The van der Waals surface area contributed by atoms with Crippen LogP contribution in [-0.2, 0) is 6.42 Å². The fraction of sp³-hybridized carbons (Fsp3) is 0.625. The van der Waals surface area contributed by atoms with Crippen molar-refractivity contribution in [3.63, 3.8) is 0 Å². The number of fused-ring (bicyclic) bond motifs is 1. The van der Waals surface area contributed by atoms with Crippen molar-refractivity contribution in [2.75, 3.05) is 11.9 Å². The predicted octanol–water partition coefficient (Wildman–Crippen LogP) is 4.50. The van der Waals surface area contributed by atoms with Crippen LogP contribution in [0, 0.1) is 5.92 Å². The van der Waals surface area contributed by atoms with Crippen molar-refractivity contribution in [2.24, 2.45) is 5.92 Å². The van der Waals surface area contributed by atoms with Crippen LogP contribution in [0.25, 0.3) is 10.2 Å². The van der Waals surface area contributed by atoms with E-state index in [4.69, 9.17) is 4.74 Å². The van der Waals surface area contributed by atoms with Gasteiger partial charge in [0.1, 0.15) is 4.83 Å². The highest BCUT2D eigenvalue weighted by Crippen LogP contribution is 2.32. The maximum absolute atomic E-state index is 6.10. The fourth-order valence-electron chi connectivity index (χ4n) is 2.35. The molecule has 5 heteroatoms.